The first-order chi connectivity index (χ1) is 8.90. The topological polar surface area (TPSA) is 111 Å². The van der Waals surface area contributed by atoms with Gasteiger partial charge in [-0.3, -0.25) is 4.72 Å². The quantitative estimate of drug-likeness (QED) is 0.702. The standard InChI is InChI=1S/C11H14N4O3S/c1-19(17,18)15-10-5-3-9(4-6-10)14-11(16)13-8-2-7-12/h3-6,15H,2,8H2,1H3,(H2,13,14,16). The number of nitrogens with zero attached hydrogens (tertiary/aromatic N) is 1. The fraction of sp³-hybridized carbons (Fsp3) is 0.273. The minimum Gasteiger partial charge on any atom is -0.337 e. The zero-order valence-corrected chi connectivity index (χ0v) is 11.1. The second-order valence-corrected chi connectivity index (χ2v) is 5.49. The lowest BCUT2D eigenvalue weighted by molar-refractivity contribution is 0.252. The number of hydrogen-bond acceptors (Lipinski definition) is 4. The van der Waals surface area contributed by atoms with Gasteiger partial charge >= 0.3 is 6.03 Å². The maximum atomic E-state index is 11.4. The molecule has 0 aliphatic rings. The van der Waals surface area contributed by atoms with Gasteiger partial charge in [0.2, 0.25) is 10.0 Å². The number of benzene rings is 1. The maximum absolute atomic E-state index is 11.4. The molecule has 0 saturated heterocycles. The Morgan fingerprint density at radius 1 is 1.26 bits per heavy atom. The summed E-state index contributed by atoms with van der Waals surface area (Å²) in [6.45, 7) is 0.274. The smallest absolute Gasteiger partial charge is 0.319 e. The summed E-state index contributed by atoms with van der Waals surface area (Å²) in [4.78, 5) is 11.4. The van der Waals surface area contributed by atoms with Crippen molar-refractivity contribution >= 4 is 27.4 Å². The first-order valence-electron chi connectivity index (χ1n) is 5.40. The lowest BCUT2D eigenvalue weighted by Crippen LogP contribution is -2.29. The Bertz CT molecular complexity index is 575. The van der Waals surface area contributed by atoms with Crippen LogP contribution in [0.4, 0.5) is 16.2 Å². The van der Waals surface area contributed by atoms with Gasteiger partial charge in [-0.2, -0.15) is 5.26 Å². The second-order valence-electron chi connectivity index (χ2n) is 3.74. The monoisotopic (exact) mass is 282 g/mol. The molecular weight excluding hydrogens is 268 g/mol. The highest BCUT2D eigenvalue weighted by Crippen LogP contribution is 2.14. The average Bonchev–Trinajstić information content (AvgIpc) is 2.30. The number of sulfonamides is 1. The van der Waals surface area contributed by atoms with E-state index < -0.39 is 16.1 Å². The molecule has 0 aromatic heterocycles. The Morgan fingerprint density at radius 3 is 2.37 bits per heavy atom. The van der Waals surface area contributed by atoms with Crippen LogP contribution < -0.4 is 15.4 Å². The highest BCUT2D eigenvalue weighted by atomic mass is 32.2. The van der Waals surface area contributed by atoms with E-state index in [9.17, 15) is 13.2 Å². The Balaban J connectivity index is 2.53. The SMILES string of the molecule is CS(=O)(=O)Nc1ccc(NC(=O)NCCC#N)cc1. The fourth-order valence-corrected chi connectivity index (χ4v) is 1.81. The molecule has 0 bridgehead atoms. The van der Waals surface area contributed by atoms with E-state index in [0.29, 0.717) is 11.4 Å². The van der Waals surface area contributed by atoms with Crippen LogP contribution in [0, 0.1) is 11.3 Å². The summed E-state index contributed by atoms with van der Waals surface area (Å²) in [5, 5.41) is 13.4. The molecule has 8 heteroatoms. The Kier molecular flexibility index (Phi) is 5.14. The summed E-state index contributed by atoms with van der Waals surface area (Å²) in [5.41, 5.74) is 0.937. The highest BCUT2D eigenvalue weighted by Gasteiger charge is 2.03. The second kappa shape index (κ2) is 6.61. The van der Waals surface area contributed by atoms with E-state index in [1.807, 2.05) is 6.07 Å². The first kappa shape index (κ1) is 14.8. The van der Waals surface area contributed by atoms with E-state index in [1.165, 1.54) is 12.1 Å². The third kappa shape index (κ3) is 6.28. The van der Waals surface area contributed by atoms with Gasteiger partial charge in [0.1, 0.15) is 0 Å². The number of nitriles is 1. The molecule has 7 nitrogen and oxygen atoms in total. The fourth-order valence-electron chi connectivity index (χ4n) is 1.24. The summed E-state index contributed by atoms with van der Waals surface area (Å²) in [6, 6.07) is 7.69. The molecule has 0 fully saturated rings. The molecule has 0 unspecified atom stereocenters. The van der Waals surface area contributed by atoms with Crippen molar-refractivity contribution in [3.63, 3.8) is 0 Å². The molecule has 0 saturated carbocycles. The molecule has 0 atom stereocenters. The largest absolute Gasteiger partial charge is 0.337 e. The minimum absolute atomic E-state index is 0.241. The lowest BCUT2D eigenvalue weighted by Gasteiger charge is -2.08. The summed E-state index contributed by atoms with van der Waals surface area (Å²) >= 11 is 0. The van der Waals surface area contributed by atoms with Crippen LogP contribution in [-0.4, -0.2) is 27.2 Å². The van der Waals surface area contributed by atoms with Crippen LogP contribution in [-0.2, 0) is 10.0 Å². The number of rotatable bonds is 5. The van der Waals surface area contributed by atoms with E-state index in [4.69, 9.17) is 5.26 Å². The third-order valence-corrected chi connectivity index (χ3v) is 2.57. The third-order valence-electron chi connectivity index (χ3n) is 1.97. The summed E-state index contributed by atoms with van der Waals surface area (Å²) in [7, 11) is -3.31. The van der Waals surface area contributed by atoms with Crippen molar-refractivity contribution in [2.24, 2.45) is 0 Å². The Morgan fingerprint density at radius 2 is 1.84 bits per heavy atom. The molecule has 0 radical (unpaired) electrons. The molecule has 0 aliphatic carbocycles. The zero-order chi connectivity index (χ0) is 14.3. The summed E-state index contributed by atoms with van der Waals surface area (Å²) in [5.74, 6) is 0. The van der Waals surface area contributed by atoms with Gasteiger partial charge in [-0.1, -0.05) is 0 Å². The van der Waals surface area contributed by atoms with Crippen molar-refractivity contribution < 1.29 is 13.2 Å². The number of carbonyl (C=O) groups excluding carboxylic acids is 1. The molecule has 1 aromatic carbocycles. The van der Waals surface area contributed by atoms with Crippen molar-refractivity contribution in [2.45, 2.75) is 6.42 Å². The van der Waals surface area contributed by atoms with Crippen LogP contribution in [0.5, 0.6) is 0 Å². The van der Waals surface area contributed by atoms with E-state index in [1.54, 1.807) is 12.1 Å². The molecule has 102 valence electrons. The molecular formula is C11H14N4O3S. The van der Waals surface area contributed by atoms with Crippen LogP contribution in [0.3, 0.4) is 0 Å². The van der Waals surface area contributed by atoms with E-state index >= 15 is 0 Å². The van der Waals surface area contributed by atoms with Crippen LogP contribution in [0.25, 0.3) is 0 Å². The van der Waals surface area contributed by atoms with Crippen molar-refractivity contribution in [3.8, 4) is 6.07 Å². The van der Waals surface area contributed by atoms with Gasteiger partial charge in [-0.25, -0.2) is 13.2 Å². The normalized spacial score (nSPS) is 10.3. The summed E-state index contributed by atoms with van der Waals surface area (Å²) < 4.78 is 24.3. The number of hydrogen-bond donors (Lipinski definition) is 3. The molecule has 19 heavy (non-hydrogen) atoms. The number of carbonyl (C=O) groups is 1. The van der Waals surface area contributed by atoms with E-state index in [-0.39, 0.29) is 13.0 Å². The van der Waals surface area contributed by atoms with Gasteiger partial charge in [0.25, 0.3) is 0 Å². The van der Waals surface area contributed by atoms with Gasteiger partial charge in [-0.05, 0) is 24.3 Å². The Labute approximate surface area is 111 Å². The predicted molar refractivity (Wildman–Crippen MR) is 72.2 cm³/mol. The molecule has 3 N–H and O–H groups in total. The van der Waals surface area contributed by atoms with E-state index in [2.05, 4.69) is 15.4 Å². The lowest BCUT2D eigenvalue weighted by atomic mass is 10.3. The van der Waals surface area contributed by atoms with Crippen LogP contribution in [0.2, 0.25) is 0 Å². The predicted octanol–water partition coefficient (Wildman–Crippen LogP) is 1.09. The average molecular weight is 282 g/mol. The van der Waals surface area contributed by atoms with E-state index in [0.717, 1.165) is 6.26 Å². The highest BCUT2D eigenvalue weighted by molar-refractivity contribution is 7.92. The van der Waals surface area contributed by atoms with Gasteiger partial charge in [0.05, 0.1) is 18.7 Å². The van der Waals surface area contributed by atoms with Gasteiger partial charge < -0.3 is 10.6 Å². The van der Waals surface area contributed by atoms with Gasteiger partial charge in [0, 0.05) is 17.9 Å². The van der Waals surface area contributed by atoms with Crippen molar-refractivity contribution in [1.82, 2.24) is 5.32 Å². The van der Waals surface area contributed by atoms with Crippen LogP contribution in [0.15, 0.2) is 24.3 Å². The first-order valence-corrected chi connectivity index (χ1v) is 7.29. The molecule has 0 heterocycles. The number of anilines is 2. The van der Waals surface area contributed by atoms with Crippen LogP contribution in [0.1, 0.15) is 6.42 Å². The summed E-state index contributed by atoms with van der Waals surface area (Å²) in [6.07, 6.45) is 1.30. The van der Waals surface area contributed by atoms with Crippen molar-refractivity contribution in [1.29, 1.82) is 5.26 Å². The molecule has 0 aliphatic heterocycles. The zero-order valence-electron chi connectivity index (χ0n) is 10.3. The Hall–Kier alpha value is -2.27. The number of urea groups is 1. The van der Waals surface area contributed by atoms with Gasteiger partial charge in [-0.15, -0.1) is 0 Å². The minimum atomic E-state index is -3.31. The number of nitrogens with one attached hydrogen (secondary N) is 3. The maximum Gasteiger partial charge on any atom is 0.319 e. The molecule has 1 aromatic rings. The molecule has 2 amide bonds. The number of amides is 2. The van der Waals surface area contributed by atoms with Gasteiger partial charge in [0.15, 0.2) is 0 Å². The van der Waals surface area contributed by atoms with Crippen LogP contribution >= 0.6 is 0 Å². The molecule has 1 rings (SSSR count). The van der Waals surface area contributed by atoms with Crippen molar-refractivity contribution in [2.75, 3.05) is 22.8 Å². The van der Waals surface area contributed by atoms with Crippen molar-refractivity contribution in [3.05, 3.63) is 24.3 Å². The molecule has 0 spiro atoms.